The number of aryl methyl sites for hydroxylation is 2. The quantitative estimate of drug-likeness (QED) is 0.447. The molecule has 2 atom stereocenters. The summed E-state index contributed by atoms with van der Waals surface area (Å²) < 4.78 is 3.96. The van der Waals surface area contributed by atoms with Crippen LogP contribution in [0.5, 0.6) is 0 Å². The van der Waals surface area contributed by atoms with Crippen LogP contribution >= 0.6 is 0 Å². The first kappa shape index (κ1) is 21.2. The molecule has 2 saturated heterocycles. The molecule has 2 aliphatic heterocycles. The molecule has 1 aromatic carbocycles. The predicted molar refractivity (Wildman–Crippen MR) is 134 cm³/mol. The van der Waals surface area contributed by atoms with Crippen molar-refractivity contribution in [3.8, 4) is 0 Å². The molecule has 2 fully saturated rings. The monoisotopic (exact) mass is 456 g/mol. The van der Waals surface area contributed by atoms with Crippen molar-refractivity contribution in [2.75, 3.05) is 24.5 Å². The molecule has 7 nitrogen and oxygen atoms in total. The van der Waals surface area contributed by atoms with E-state index in [2.05, 4.69) is 41.6 Å². The predicted octanol–water partition coefficient (Wildman–Crippen LogP) is 4.74. The van der Waals surface area contributed by atoms with E-state index in [4.69, 9.17) is 10.1 Å². The van der Waals surface area contributed by atoms with Crippen molar-refractivity contribution < 1.29 is 4.79 Å². The minimum atomic E-state index is -0.0301. The number of rotatable bonds is 3. The van der Waals surface area contributed by atoms with Gasteiger partial charge in [-0.1, -0.05) is 13.0 Å². The molecule has 6 rings (SSSR count). The number of carbonyl (C=O) groups is 1. The second kappa shape index (κ2) is 8.15. The molecule has 0 unspecified atom stereocenters. The van der Waals surface area contributed by atoms with Gasteiger partial charge in [-0.2, -0.15) is 5.10 Å². The second-order valence-electron chi connectivity index (χ2n) is 10.1. The summed E-state index contributed by atoms with van der Waals surface area (Å²) in [5.74, 6) is 1.86. The normalized spacial score (nSPS) is 21.1. The molecule has 0 spiro atoms. The third kappa shape index (κ3) is 3.45. The number of nitrogens with zero attached hydrogens (tertiary/aromatic N) is 6. The number of fused-ring (bicyclic) bond motifs is 2. The summed E-state index contributed by atoms with van der Waals surface area (Å²) >= 11 is 0. The van der Waals surface area contributed by atoms with E-state index in [1.807, 2.05) is 40.9 Å². The van der Waals surface area contributed by atoms with E-state index in [9.17, 15) is 4.79 Å². The Labute approximate surface area is 200 Å². The first-order valence-corrected chi connectivity index (χ1v) is 12.5. The van der Waals surface area contributed by atoms with E-state index in [-0.39, 0.29) is 11.9 Å². The molecule has 176 valence electrons. The van der Waals surface area contributed by atoms with Gasteiger partial charge in [0.2, 0.25) is 0 Å². The van der Waals surface area contributed by atoms with Gasteiger partial charge in [-0.3, -0.25) is 4.79 Å². The number of hydrogen-bond donors (Lipinski definition) is 0. The largest absolute Gasteiger partial charge is 0.356 e. The number of aromatic nitrogens is 4. The highest BCUT2D eigenvalue weighted by molar-refractivity contribution is 6.06. The topological polar surface area (TPSA) is 58.7 Å². The third-order valence-corrected chi connectivity index (χ3v) is 7.61. The zero-order chi connectivity index (χ0) is 23.4. The van der Waals surface area contributed by atoms with E-state index < -0.39 is 0 Å². The molecule has 2 aliphatic rings. The van der Waals surface area contributed by atoms with Crippen molar-refractivity contribution in [2.24, 2.45) is 13.0 Å². The van der Waals surface area contributed by atoms with Crippen LogP contribution in [0.3, 0.4) is 0 Å². The van der Waals surface area contributed by atoms with Gasteiger partial charge < -0.3 is 14.4 Å². The van der Waals surface area contributed by atoms with Gasteiger partial charge in [0.05, 0.1) is 11.7 Å². The van der Waals surface area contributed by atoms with Crippen LogP contribution in [0, 0.1) is 12.8 Å². The maximum atomic E-state index is 13.8. The molecule has 34 heavy (non-hydrogen) atoms. The third-order valence-electron chi connectivity index (χ3n) is 7.61. The molecule has 0 N–H and O–H groups in total. The lowest BCUT2D eigenvalue weighted by atomic mass is 9.97. The zero-order valence-electron chi connectivity index (χ0n) is 20.2. The number of likely N-dealkylation sites (tertiary alicyclic amines) is 1. The fraction of sp³-hybridized carbons (Fsp3) is 0.444. The molecule has 7 heteroatoms. The van der Waals surface area contributed by atoms with Gasteiger partial charge in [-0.15, -0.1) is 0 Å². The van der Waals surface area contributed by atoms with Gasteiger partial charge in [0.25, 0.3) is 5.91 Å². The Morgan fingerprint density at radius 2 is 2.00 bits per heavy atom. The van der Waals surface area contributed by atoms with Gasteiger partial charge in [-0.05, 0) is 56.7 Å². The Balaban J connectivity index is 1.35. The summed E-state index contributed by atoms with van der Waals surface area (Å²) in [5.41, 5.74) is 4.79. The summed E-state index contributed by atoms with van der Waals surface area (Å²) in [6.07, 6.45) is 8.37. The summed E-state index contributed by atoms with van der Waals surface area (Å²) in [4.78, 5) is 23.2. The molecular weight excluding hydrogens is 424 g/mol. The molecule has 0 saturated carbocycles. The van der Waals surface area contributed by atoms with Gasteiger partial charge >= 0.3 is 0 Å². The van der Waals surface area contributed by atoms with Crippen LogP contribution in [0.4, 0.5) is 5.82 Å². The summed E-state index contributed by atoms with van der Waals surface area (Å²) in [6.45, 7) is 7.28. The summed E-state index contributed by atoms with van der Waals surface area (Å²) in [5, 5.41) is 5.92. The van der Waals surface area contributed by atoms with Gasteiger partial charge in [0.15, 0.2) is 5.65 Å². The highest BCUT2D eigenvalue weighted by Gasteiger charge is 2.32. The van der Waals surface area contributed by atoms with Crippen LogP contribution in [-0.2, 0) is 7.05 Å². The molecular formula is C27H32N6O. The first-order chi connectivity index (χ1) is 16.5. The van der Waals surface area contributed by atoms with E-state index in [0.29, 0.717) is 5.92 Å². The molecule has 0 bridgehead atoms. The Bertz CT molecular complexity index is 1380. The highest BCUT2D eigenvalue weighted by Crippen LogP contribution is 2.34. The maximum absolute atomic E-state index is 13.8. The van der Waals surface area contributed by atoms with Crippen LogP contribution < -0.4 is 4.90 Å². The van der Waals surface area contributed by atoms with Gasteiger partial charge in [0.1, 0.15) is 5.82 Å². The number of amides is 1. The average molecular weight is 457 g/mol. The Morgan fingerprint density at radius 1 is 1.12 bits per heavy atom. The van der Waals surface area contributed by atoms with Crippen molar-refractivity contribution in [1.82, 2.24) is 24.1 Å². The fourth-order valence-corrected chi connectivity index (χ4v) is 5.76. The number of hydrogen-bond acceptors (Lipinski definition) is 4. The van der Waals surface area contributed by atoms with E-state index in [0.717, 1.165) is 78.1 Å². The van der Waals surface area contributed by atoms with E-state index in [1.54, 1.807) is 0 Å². The standard InChI is InChI=1S/C27H32N6O/c1-18-10-14-31(16-18)26-19(2)17-33-25(28-26)15-22(29-33)24-8-4-5-12-32(24)27(34)21-7-6-9-23-20(21)11-13-30(23)3/h6-7,9,11,13,15,17-18,24H,4-5,8,10,12,14,16H2,1-3H3/t18-,24-/m0/s1. The van der Waals surface area contributed by atoms with Crippen LogP contribution in [0.2, 0.25) is 0 Å². The Morgan fingerprint density at radius 3 is 2.82 bits per heavy atom. The van der Waals surface area contributed by atoms with Crippen LogP contribution in [0.15, 0.2) is 42.7 Å². The summed E-state index contributed by atoms with van der Waals surface area (Å²) in [7, 11) is 2.02. The van der Waals surface area contributed by atoms with Crippen molar-refractivity contribution in [1.29, 1.82) is 0 Å². The lowest BCUT2D eigenvalue weighted by molar-refractivity contribution is 0.0608. The molecule has 0 aliphatic carbocycles. The fourth-order valence-electron chi connectivity index (χ4n) is 5.76. The molecule has 1 amide bonds. The number of carbonyl (C=O) groups excluding carboxylic acids is 1. The van der Waals surface area contributed by atoms with Gasteiger partial charge in [0, 0.05) is 67.2 Å². The Hall–Kier alpha value is -3.35. The first-order valence-electron chi connectivity index (χ1n) is 12.5. The van der Waals surface area contributed by atoms with Crippen molar-refractivity contribution in [3.63, 3.8) is 0 Å². The lowest BCUT2D eigenvalue weighted by Gasteiger charge is -2.35. The van der Waals surface area contributed by atoms with Crippen molar-refractivity contribution in [2.45, 2.75) is 45.6 Å². The number of benzene rings is 1. The average Bonchev–Trinajstić information content (AvgIpc) is 3.56. The molecule has 4 aromatic rings. The minimum absolute atomic E-state index is 0.0301. The lowest BCUT2D eigenvalue weighted by Crippen LogP contribution is -2.38. The van der Waals surface area contributed by atoms with Crippen LogP contribution in [0.1, 0.15) is 60.3 Å². The van der Waals surface area contributed by atoms with Gasteiger partial charge in [-0.25, -0.2) is 9.50 Å². The minimum Gasteiger partial charge on any atom is -0.356 e. The van der Waals surface area contributed by atoms with Crippen molar-refractivity contribution in [3.05, 3.63) is 59.5 Å². The number of anilines is 1. The van der Waals surface area contributed by atoms with Crippen molar-refractivity contribution >= 4 is 28.3 Å². The van der Waals surface area contributed by atoms with E-state index in [1.165, 1.54) is 6.42 Å². The Kier molecular flexibility index (Phi) is 5.08. The molecule has 3 aromatic heterocycles. The number of piperidine rings is 1. The molecule has 5 heterocycles. The molecule has 0 radical (unpaired) electrons. The zero-order valence-corrected chi connectivity index (χ0v) is 20.2. The van der Waals surface area contributed by atoms with Crippen LogP contribution in [-0.4, -0.2) is 49.6 Å². The SMILES string of the molecule is Cc1cn2nc([C@@H]3CCCCN3C(=O)c3cccc4c3ccn4C)cc2nc1N1CC[C@H](C)C1. The second-order valence-corrected chi connectivity index (χ2v) is 10.1. The highest BCUT2D eigenvalue weighted by atomic mass is 16.2. The van der Waals surface area contributed by atoms with Crippen LogP contribution in [0.25, 0.3) is 16.6 Å². The van der Waals surface area contributed by atoms with E-state index >= 15 is 0 Å². The smallest absolute Gasteiger partial charge is 0.255 e. The maximum Gasteiger partial charge on any atom is 0.255 e. The summed E-state index contributed by atoms with van der Waals surface area (Å²) in [6, 6.07) is 10.1.